The van der Waals surface area contributed by atoms with Crippen LogP contribution in [0.2, 0.25) is 0 Å². The molecule has 0 bridgehead atoms. The van der Waals surface area contributed by atoms with E-state index in [0.29, 0.717) is 25.0 Å². The first-order valence-electron chi connectivity index (χ1n) is 10.8. The number of nitrogens with zero attached hydrogens (tertiary/aromatic N) is 1. The Labute approximate surface area is 193 Å². The molecule has 34 heavy (non-hydrogen) atoms. The zero-order valence-electron chi connectivity index (χ0n) is 18.2. The summed E-state index contributed by atoms with van der Waals surface area (Å²) < 4.78 is 114. The summed E-state index contributed by atoms with van der Waals surface area (Å²) in [6.07, 6.45) is -7.94. The van der Waals surface area contributed by atoms with E-state index in [4.69, 9.17) is 4.74 Å². The summed E-state index contributed by atoms with van der Waals surface area (Å²) in [5.41, 5.74) is -2.04. The summed E-state index contributed by atoms with van der Waals surface area (Å²) in [4.78, 5) is -0.385. The van der Waals surface area contributed by atoms with Crippen molar-refractivity contribution in [3.63, 3.8) is 0 Å². The van der Waals surface area contributed by atoms with Crippen LogP contribution in [0, 0.1) is 5.92 Å². The molecule has 1 aliphatic heterocycles. The third-order valence-electron chi connectivity index (χ3n) is 6.96. The van der Waals surface area contributed by atoms with E-state index < -0.39 is 39.3 Å². The third kappa shape index (κ3) is 4.01. The van der Waals surface area contributed by atoms with Gasteiger partial charge in [0.15, 0.2) is 0 Å². The maximum atomic E-state index is 14.1. The molecule has 2 unspecified atom stereocenters. The van der Waals surface area contributed by atoms with E-state index in [2.05, 4.69) is 0 Å². The molecule has 2 aliphatic rings. The van der Waals surface area contributed by atoms with E-state index in [-0.39, 0.29) is 47.7 Å². The van der Waals surface area contributed by atoms with Gasteiger partial charge in [-0.3, -0.25) is 4.31 Å². The molecule has 1 saturated carbocycles. The number of methoxy groups -OCH3 is 1. The number of ether oxygens (including phenoxy) is 1. The molecule has 0 amide bonds. The van der Waals surface area contributed by atoms with Crippen LogP contribution >= 0.6 is 0 Å². The smallest absolute Gasteiger partial charge is 0.416 e. The van der Waals surface area contributed by atoms with Gasteiger partial charge in [0.2, 0.25) is 0 Å². The van der Waals surface area contributed by atoms with Crippen molar-refractivity contribution in [1.29, 1.82) is 0 Å². The number of fused-ring (bicyclic) bond motifs is 2. The molecule has 0 saturated heterocycles. The highest BCUT2D eigenvalue weighted by molar-refractivity contribution is 7.92. The van der Waals surface area contributed by atoms with Gasteiger partial charge in [0, 0.05) is 12.0 Å². The lowest BCUT2D eigenvalue weighted by Gasteiger charge is -2.50. The van der Waals surface area contributed by atoms with E-state index in [0.717, 1.165) is 16.4 Å². The van der Waals surface area contributed by atoms with E-state index in [1.165, 1.54) is 25.3 Å². The van der Waals surface area contributed by atoms with E-state index >= 15 is 0 Å². The van der Waals surface area contributed by atoms with Gasteiger partial charge in [-0.05, 0) is 55.2 Å². The van der Waals surface area contributed by atoms with Crippen LogP contribution in [0.5, 0.6) is 5.75 Å². The third-order valence-corrected chi connectivity index (χ3v) is 8.78. The van der Waals surface area contributed by atoms with Crippen molar-refractivity contribution in [3.8, 4) is 5.75 Å². The Kier molecular flexibility index (Phi) is 6.06. The van der Waals surface area contributed by atoms with Gasteiger partial charge in [0.25, 0.3) is 10.0 Å². The first-order valence-corrected chi connectivity index (χ1v) is 12.2. The van der Waals surface area contributed by atoms with Gasteiger partial charge in [0.05, 0.1) is 29.2 Å². The monoisotopic (exact) mass is 507 g/mol. The van der Waals surface area contributed by atoms with Gasteiger partial charge in [-0.25, -0.2) is 8.42 Å². The number of para-hydroxylation sites is 1. The van der Waals surface area contributed by atoms with Gasteiger partial charge in [-0.1, -0.05) is 25.0 Å². The van der Waals surface area contributed by atoms with Crippen LogP contribution in [-0.2, 0) is 21.6 Å². The second kappa shape index (κ2) is 8.35. The highest BCUT2D eigenvalue weighted by Crippen LogP contribution is 2.58. The average Bonchev–Trinajstić information content (AvgIpc) is 2.78. The summed E-state index contributed by atoms with van der Waals surface area (Å²) in [6, 6.07) is 7.57. The molecule has 2 aromatic carbocycles. The van der Waals surface area contributed by atoms with E-state index in [1.54, 1.807) is 0 Å². The largest absolute Gasteiger partial charge is 0.495 e. The quantitative estimate of drug-likeness (QED) is 0.458. The molecule has 0 N–H and O–H groups in total. The lowest BCUT2D eigenvalue weighted by atomic mass is 9.59. The lowest BCUT2D eigenvalue weighted by molar-refractivity contribution is -0.203. The van der Waals surface area contributed by atoms with Gasteiger partial charge >= 0.3 is 12.4 Å². The highest BCUT2D eigenvalue weighted by Gasteiger charge is 2.58. The fraction of sp³-hybridized carbons (Fsp3) is 0.478. The maximum absolute atomic E-state index is 14.1. The second-order valence-electron chi connectivity index (χ2n) is 8.70. The highest BCUT2D eigenvalue weighted by atomic mass is 32.2. The molecule has 1 fully saturated rings. The van der Waals surface area contributed by atoms with Gasteiger partial charge < -0.3 is 4.74 Å². The second-order valence-corrected chi connectivity index (χ2v) is 10.6. The number of benzene rings is 2. The molecule has 4 rings (SSSR count). The Morgan fingerprint density at radius 2 is 1.65 bits per heavy atom. The molecular weight excluding hydrogens is 484 g/mol. The maximum Gasteiger partial charge on any atom is 0.416 e. The van der Waals surface area contributed by atoms with Gasteiger partial charge in [0.1, 0.15) is 5.75 Å². The Hall–Kier alpha value is -2.43. The topological polar surface area (TPSA) is 46.6 Å². The molecule has 4 nitrogen and oxygen atoms in total. The summed E-state index contributed by atoms with van der Waals surface area (Å²) in [6.45, 7) is -0.247. The predicted octanol–water partition coefficient (Wildman–Crippen LogP) is 6.30. The van der Waals surface area contributed by atoms with Crippen molar-refractivity contribution >= 4 is 15.7 Å². The molecule has 186 valence electrons. The van der Waals surface area contributed by atoms with Crippen molar-refractivity contribution in [2.75, 3.05) is 18.0 Å². The standard InChI is InChI=1S/C23H23F6NO3S/c1-33-18-6-4-5-17-20(18)30(14-13-21(17)12-3-2-7-19(21)23(27,28)29)34(31,32)16-10-8-15(9-11-16)22(24,25)26/h4-6,8-11,19H,2-3,7,12-14H2,1H3. The number of hydrogen-bond donors (Lipinski definition) is 0. The van der Waals surface area contributed by atoms with Crippen molar-refractivity contribution in [1.82, 2.24) is 0 Å². The fourth-order valence-corrected chi connectivity index (χ4v) is 6.91. The van der Waals surface area contributed by atoms with Crippen LogP contribution in [0.3, 0.4) is 0 Å². The van der Waals surface area contributed by atoms with Gasteiger partial charge in [-0.2, -0.15) is 26.3 Å². The summed E-state index contributed by atoms with van der Waals surface area (Å²) in [5.74, 6) is -1.53. The van der Waals surface area contributed by atoms with Crippen LogP contribution in [0.25, 0.3) is 0 Å². The zero-order chi connectivity index (χ0) is 24.9. The van der Waals surface area contributed by atoms with Crippen LogP contribution in [0.1, 0.15) is 43.2 Å². The summed E-state index contributed by atoms with van der Waals surface area (Å²) in [7, 11) is -3.08. The van der Waals surface area contributed by atoms with E-state index in [9.17, 15) is 34.8 Å². The minimum absolute atomic E-state index is 0.0206. The summed E-state index contributed by atoms with van der Waals surface area (Å²) >= 11 is 0. The molecule has 0 radical (unpaired) electrons. The normalized spacial score (nSPS) is 23.6. The Morgan fingerprint density at radius 3 is 2.24 bits per heavy atom. The Balaban J connectivity index is 1.86. The molecule has 2 aromatic rings. The lowest BCUT2D eigenvalue weighted by Crippen LogP contribution is -2.52. The molecule has 0 aromatic heterocycles. The number of sulfonamides is 1. The minimum Gasteiger partial charge on any atom is -0.495 e. The Morgan fingerprint density at radius 1 is 0.971 bits per heavy atom. The van der Waals surface area contributed by atoms with Crippen molar-refractivity contribution < 1.29 is 39.5 Å². The molecule has 1 heterocycles. The fourth-order valence-electron chi connectivity index (χ4n) is 5.42. The Bertz CT molecular complexity index is 1160. The van der Waals surface area contributed by atoms with Crippen LogP contribution in [0.4, 0.5) is 32.0 Å². The molecular formula is C23H23F6NO3S. The number of anilines is 1. The van der Waals surface area contributed by atoms with Gasteiger partial charge in [-0.15, -0.1) is 0 Å². The van der Waals surface area contributed by atoms with Crippen molar-refractivity contribution in [2.45, 2.75) is 54.8 Å². The van der Waals surface area contributed by atoms with Crippen LogP contribution in [-0.4, -0.2) is 28.2 Å². The molecule has 1 spiro atoms. The zero-order valence-corrected chi connectivity index (χ0v) is 19.0. The van der Waals surface area contributed by atoms with Crippen molar-refractivity contribution in [2.24, 2.45) is 5.92 Å². The van der Waals surface area contributed by atoms with E-state index in [1.807, 2.05) is 0 Å². The number of hydrogen-bond acceptors (Lipinski definition) is 3. The molecule has 2 atom stereocenters. The number of rotatable bonds is 3. The molecule has 1 aliphatic carbocycles. The predicted molar refractivity (Wildman–Crippen MR) is 113 cm³/mol. The first-order chi connectivity index (χ1) is 15.8. The number of halogens is 6. The first kappa shape index (κ1) is 24.7. The minimum atomic E-state index is -4.64. The average molecular weight is 507 g/mol. The van der Waals surface area contributed by atoms with Crippen LogP contribution < -0.4 is 9.04 Å². The SMILES string of the molecule is COc1cccc2c1N(S(=O)(=O)c1ccc(C(F)(F)F)cc1)CCC21CCCCC1C(F)(F)F. The van der Waals surface area contributed by atoms with Crippen LogP contribution in [0.15, 0.2) is 47.4 Å². The van der Waals surface area contributed by atoms with Crippen molar-refractivity contribution in [3.05, 3.63) is 53.6 Å². The molecule has 11 heteroatoms. The number of alkyl halides is 6. The summed E-state index contributed by atoms with van der Waals surface area (Å²) in [5, 5.41) is 0.